The highest BCUT2D eigenvalue weighted by molar-refractivity contribution is 5.48. The van der Waals surface area contributed by atoms with Gasteiger partial charge in [-0.2, -0.15) is 0 Å². The van der Waals surface area contributed by atoms with Crippen LogP contribution in [0.15, 0.2) is 0 Å². The molecule has 0 aliphatic heterocycles. The number of hydrogen-bond donors (Lipinski definition) is 0. The van der Waals surface area contributed by atoms with Crippen molar-refractivity contribution in [1.82, 2.24) is 0 Å². The fourth-order valence-electron chi connectivity index (χ4n) is 1.06. The van der Waals surface area contributed by atoms with Crippen LogP contribution in [-0.2, 0) is 4.79 Å². The molecule has 0 atom stereocenters. The summed E-state index contributed by atoms with van der Waals surface area (Å²) < 4.78 is 0. The van der Waals surface area contributed by atoms with Crippen molar-refractivity contribution in [3.63, 3.8) is 0 Å². The van der Waals surface area contributed by atoms with Crippen LogP contribution in [0.2, 0.25) is 0 Å². The molecule has 0 heterocycles. The molecule has 1 aliphatic carbocycles. The number of aldehydes is 1. The molecule has 1 fully saturated rings. The lowest BCUT2D eigenvalue weighted by Crippen LogP contribution is -1.85. The lowest BCUT2D eigenvalue weighted by molar-refractivity contribution is -0.107. The van der Waals surface area contributed by atoms with Gasteiger partial charge in [-0.05, 0) is 0 Å². The van der Waals surface area contributed by atoms with Crippen molar-refractivity contribution in [3.05, 3.63) is 0 Å². The molecular formula is C9H18O. The Kier molecular flexibility index (Phi) is 8.38. The maximum atomic E-state index is 9.17. The molecule has 0 unspecified atom stereocenters. The third-order valence-electron chi connectivity index (χ3n) is 1.67. The Labute approximate surface area is 63.8 Å². The van der Waals surface area contributed by atoms with Gasteiger partial charge < -0.3 is 4.79 Å². The van der Waals surface area contributed by atoms with Gasteiger partial charge in [0.1, 0.15) is 6.29 Å². The van der Waals surface area contributed by atoms with Crippen molar-refractivity contribution >= 4 is 6.29 Å². The summed E-state index contributed by atoms with van der Waals surface area (Å²) in [6.07, 6.45) is 10.5. The van der Waals surface area contributed by atoms with Gasteiger partial charge in [-0.15, -0.1) is 0 Å². The zero-order valence-electron chi connectivity index (χ0n) is 6.94. The topological polar surface area (TPSA) is 17.1 Å². The lowest BCUT2D eigenvalue weighted by atomic mass is 10.0. The van der Waals surface area contributed by atoms with Crippen LogP contribution in [0.5, 0.6) is 0 Å². The molecule has 0 radical (unpaired) electrons. The summed E-state index contributed by atoms with van der Waals surface area (Å²) in [6, 6.07) is 0. The van der Waals surface area contributed by atoms with Gasteiger partial charge in [0.2, 0.25) is 0 Å². The lowest BCUT2D eigenvalue weighted by Gasteiger charge is -2.05. The summed E-state index contributed by atoms with van der Waals surface area (Å²) in [5.41, 5.74) is 0. The molecule has 1 saturated carbocycles. The molecule has 10 heavy (non-hydrogen) atoms. The highest BCUT2D eigenvalue weighted by atomic mass is 16.1. The normalized spacial score (nSPS) is 16.9. The van der Waals surface area contributed by atoms with E-state index in [9.17, 15) is 4.79 Å². The van der Waals surface area contributed by atoms with E-state index in [2.05, 4.69) is 0 Å². The summed E-state index contributed by atoms with van der Waals surface area (Å²) in [6.45, 7) is 1.81. The summed E-state index contributed by atoms with van der Waals surface area (Å²) in [5.74, 6) is 0. The van der Waals surface area contributed by atoms with Gasteiger partial charge in [-0.25, -0.2) is 0 Å². The fraction of sp³-hybridized carbons (Fsp3) is 0.889. The van der Waals surface area contributed by atoms with Gasteiger partial charge in [-0.1, -0.05) is 45.4 Å². The van der Waals surface area contributed by atoms with Gasteiger partial charge in [0.25, 0.3) is 0 Å². The second-order valence-corrected chi connectivity index (χ2v) is 2.70. The largest absolute Gasteiger partial charge is 0.303 e. The minimum absolute atomic E-state index is 0.639. The van der Waals surface area contributed by atoms with Gasteiger partial charge in [0.15, 0.2) is 0 Å². The first kappa shape index (κ1) is 9.67. The van der Waals surface area contributed by atoms with Crippen LogP contribution in [0.1, 0.15) is 51.9 Å². The Bertz CT molecular complexity index is 53.6. The minimum atomic E-state index is 0.639. The van der Waals surface area contributed by atoms with Crippen LogP contribution in [0.3, 0.4) is 0 Å². The Morgan fingerprint density at radius 2 is 1.20 bits per heavy atom. The van der Waals surface area contributed by atoms with Crippen LogP contribution in [0.25, 0.3) is 0 Å². The third-order valence-corrected chi connectivity index (χ3v) is 1.67. The summed E-state index contributed by atoms with van der Waals surface area (Å²) in [5, 5.41) is 0. The fourth-order valence-corrected chi connectivity index (χ4v) is 1.06. The van der Waals surface area contributed by atoms with E-state index in [4.69, 9.17) is 0 Å². The molecule has 0 saturated heterocycles. The Balaban J connectivity index is 0.000000180. The molecular weight excluding hydrogens is 124 g/mol. The zero-order chi connectivity index (χ0) is 7.66. The van der Waals surface area contributed by atoms with Crippen LogP contribution in [0.4, 0.5) is 0 Å². The number of carbonyl (C=O) groups excluding carboxylic acids is 1. The van der Waals surface area contributed by atoms with Crippen molar-refractivity contribution in [1.29, 1.82) is 0 Å². The molecule has 1 aliphatic rings. The Hall–Kier alpha value is -0.330. The van der Waals surface area contributed by atoms with Crippen LogP contribution in [0, 0.1) is 0 Å². The van der Waals surface area contributed by atoms with Gasteiger partial charge >= 0.3 is 0 Å². The number of hydrogen-bond acceptors (Lipinski definition) is 1. The van der Waals surface area contributed by atoms with Gasteiger partial charge in [0.05, 0.1) is 0 Å². The minimum Gasteiger partial charge on any atom is -0.303 e. The van der Waals surface area contributed by atoms with Crippen molar-refractivity contribution in [3.8, 4) is 0 Å². The van der Waals surface area contributed by atoms with E-state index in [1.54, 1.807) is 0 Å². The van der Waals surface area contributed by atoms with Crippen LogP contribution < -0.4 is 0 Å². The quantitative estimate of drug-likeness (QED) is 0.514. The molecule has 0 amide bonds. The Morgan fingerprint density at radius 1 is 1.00 bits per heavy atom. The van der Waals surface area contributed by atoms with E-state index in [0.717, 1.165) is 6.29 Å². The number of rotatable bonds is 1. The molecule has 0 N–H and O–H groups in total. The van der Waals surface area contributed by atoms with Crippen molar-refractivity contribution in [2.75, 3.05) is 0 Å². The van der Waals surface area contributed by atoms with E-state index in [-0.39, 0.29) is 0 Å². The molecule has 0 bridgehead atoms. The second-order valence-electron chi connectivity index (χ2n) is 2.70. The smallest absolute Gasteiger partial charge is 0.119 e. The molecule has 0 aromatic carbocycles. The van der Waals surface area contributed by atoms with E-state index < -0.39 is 0 Å². The highest BCUT2D eigenvalue weighted by Gasteiger charge is 1.95. The zero-order valence-corrected chi connectivity index (χ0v) is 6.94. The van der Waals surface area contributed by atoms with Crippen LogP contribution in [-0.4, -0.2) is 6.29 Å². The molecule has 1 rings (SSSR count). The van der Waals surface area contributed by atoms with E-state index in [1.807, 2.05) is 6.92 Å². The van der Waals surface area contributed by atoms with Gasteiger partial charge in [-0.3, -0.25) is 0 Å². The SMILES string of the molecule is C1CCCCC1.CCC=O. The predicted molar refractivity (Wildman–Crippen MR) is 44.1 cm³/mol. The first-order chi connectivity index (χ1) is 4.91. The first-order valence-electron chi connectivity index (χ1n) is 4.35. The maximum Gasteiger partial charge on any atom is 0.119 e. The summed E-state index contributed by atoms with van der Waals surface area (Å²) in [7, 11) is 0. The summed E-state index contributed by atoms with van der Waals surface area (Å²) in [4.78, 5) is 9.17. The Morgan fingerprint density at radius 3 is 1.30 bits per heavy atom. The molecule has 0 aromatic heterocycles. The molecule has 0 spiro atoms. The maximum absolute atomic E-state index is 9.17. The molecule has 1 nitrogen and oxygen atoms in total. The highest BCUT2D eigenvalue weighted by Crippen LogP contribution is 2.15. The second kappa shape index (κ2) is 8.67. The molecule has 1 heteroatoms. The monoisotopic (exact) mass is 142 g/mol. The molecule has 60 valence electrons. The molecule has 0 aromatic rings. The van der Waals surface area contributed by atoms with E-state index >= 15 is 0 Å². The third kappa shape index (κ3) is 7.67. The van der Waals surface area contributed by atoms with E-state index in [1.165, 1.54) is 38.5 Å². The average molecular weight is 142 g/mol. The van der Waals surface area contributed by atoms with Crippen LogP contribution >= 0.6 is 0 Å². The number of carbonyl (C=O) groups is 1. The average Bonchev–Trinajstić information content (AvgIpc) is 2.08. The van der Waals surface area contributed by atoms with Crippen molar-refractivity contribution in [2.45, 2.75) is 51.9 Å². The van der Waals surface area contributed by atoms with Crippen molar-refractivity contribution < 1.29 is 4.79 Å². The van der Waals surface area contributed by atoms with E-state index in [0.29, 0.717) is 6.42 Å². The predicted octanol–water partition coefficient (Wildman–Crippen LogP) is 2.94. The van der Waals surface area contributed by atoms with Crippen molar-refractivity contribution in [2.24, 2.45) is 0 Å². The summed E-state index contributed by atoms with van der Waals surface area (Å²) >= 11 is 0. The first-order valence-corrected chi connectivity index (χ1v) is 4.35. The standard InChI is InChI=1S/C6H12.C3H6O/c1-2-4-6-5-3-1;1-2-3-4/h1-6H2;3H,2H2,1H3. The van der Waals surface area contributed by atoms with Gasteiger partial charge in [0, 0.05) is 6.42 Å².